The molecule has 3 aromatic rings. The second-order valence-electron chi connectivity index (χ2n) is 4.39. The Hall–Kier alpha value is -2.27. The number of hydrogen-bond donors (Lipinski definition) is 2. The van der Waals surface area contributed by atoms with Crippen molar-refractivity contribution in [1.29, 1.82) is 0 Å². The van der Waals surface area contributed by atoms with Crippen LogP contribution in [0.4, 0.5) is 0 Å². The number of fused-ring (bicyclic) bond motifs is 1. The average Bonchev–Trinajstić information content (AvgIpc) is 2.97. The van der Waals surface area contributed by atoms with Crippen LogP contribution in [0.5, 0.6) is 0 Å². The summed E-state index contributed by atoms with van der Waals surface area (Å²) in [5.41, 5.74) is 2.30. The smallest absolute Gasteiger partial charge is 0.137 e. The van der Waals surface area contributed by atoms with Gasteiger partial charge in [0.2, 0.25) is 0 Å². The van der Waals surface area contributed by atoms with Crippen LogP contribution in [0.15, 0.2) is 42.9 Å². The van der Waals surface area contributed by atoms with Crippen molar-refractivity contribution in [3.8, 4) is 0 Å². The molecule has 96 valence electrons. The summed E-state index contributed by atoms with van der Waals surface area (Å²) in [4.78, 5) is 8.40. The van der Waals surface area contributed by atoms with E-state index in [4.69, 9.17) is 0 Å². The molecule has 0 atom stereocenters. The SMILES string of the molecule is c1cnc2ccc(CNCCc3ncn[nH]3)cc2c1. The predicted molar refractivity (Wildman–Crippen MR) is 73.5 cm³/mol. The van der Waals surface area contributed by atoms with Gasteiger partial charge >= 0.3 is 0 Å². The third-order valence-corrected chi connectivity index (χ3v) is 3.00. The molecule has 0 saturated heterocycles. The minimum absolute atomic E-state index is 0.846. The highest BCUT2D eigenvalue weighted by molar-refractivity contribution is 5.78. The molecule has 2 heterocycles. The first-order valence-electron chi connectivity index (χ1n) is 6.30. The molecule has 0 fully saturated rings. The van der Waals surface area contributed by atoms with Crippen LogP contribution in [-0.4, -0.2) is 26.7 Å². The van der Waals surface area contributed by atoms with Crippen molar-refractivity contribution in [2.75, 3.05) is 6.54 Å². The number of rotatable bonds is 5. The van der Waals surface area contributed by atoms with Gasteiger partial charge in [0.1, 0.15) is 12.2 Å². The number of nitrogens with one attached hydrogen (secondary N) is 2. The molecule has 2 N–H and O–H groups in total. The van der Waals surface area contributed by atoms with Gasteiger partial charge < -0.3 is 5.32 Å². The number of aromatic nitrogens is 4. The summed E-state index contributed by atoms with van der Waals surface area (Å²) in [5, 5.41) is 11.2. The Balaban J connectivity index is 1.56. The van der Waals surface area contributed by atoms with E-state index in [2.05, 4.69) is 49.7 Å². The van der Waals surface area contributed by atoms with E-state index in [-0.39, 0.29) is 0 Å². The van der Waals surface area contributed by atoms with E-state index in [1.165, 1.54) is 17.3 Å². The Morgan fingerprint density at radius 1 is 1.16 bits per heavy atom. The normalized spacial score (nSPS) is 10.9. The summed E-state index contributed by atoms with van der Waals surface area (Å²) >= 11 is 0. The Morgan fingerprint density at radius 2 is 2.16 bits per heavy atom. The molecular weight excluding hydrogens is 238 g/mol. The molecule has 1 aromatic carbocycles. The zero-order valence-electron chi connectivity index (χ0n) is 10.5. The molecule has 0 radical (unpaired) electrons. The quantitative estimate of drug-likeness (QED) is 0.679. The number of benzene rings is 1. The van der Waals surface area contributed by atoms with Crippen molar-refractivity contribution < 1.29 is 0 Å². The highest BCUT2D eigenvalue weighted by Gasteiger charge is 1.98. The van der Waals surface area contributed by atoms with Gasteiger partial charge in [0.15, 0.2) is 0 Å². The van der Waals surface area contributed by atoms with Crippen molar-refractivity contribution in [3.05, 3.63) is 54.2 Å². The zero-order chi connectivity index (χ0) is 12.9. The topological polar surface area (TPSA) is 66.5 Å². The molecule has 0 amide bonds. The van der Waals surface area contributed by atoms with E-state index in [9.17, 15) is 0 Å². The lowest BCUT2D eigenvalue weighted by Crippen LogP contribution is -2.17. The lowest BCUT2D eigenvalue weighted by molar-refractivity contribution is 0.672. The van der Waals surface area contributed by atoms with E-state index >= 15 is 0 Å². The third kappa shape index (κ3) is 2.95. The second-order valence-corrected chi connectivity index (χ2v) is 4.39. The summed E-state index contributed by atoms with van der Waals surface area (Å²) in [5.74, 6) is 0.912. The molecule has 0 aliphatic heterocycles. The third-order valence-electron chi connectivity index (χ3n) is 3.00. The van der Waals surface area contributed by atoms with Gasteiger partial charge in [-0.05, 0) is 23.8 Å². The molecule has 0 saturated carbocycles. The lowest BCUT2D eigenvalue weighted by atomic mass is 10.1. The average molecular weight is 253 g/mol. The van der Waals surface area contributed by atoms with Gasteiger partial charge in [-0.2, -0.15) is 5.10 Å². The fraction of sp³-hybridized carbons (Fsp3) is 0.214. The van der Waals surface area contributed by atoms with Gasteiger partial charge in [0, 0.05) is 31.1 Å². The van der Waals surface area contributed by atoms with E-state index < -0.39 is 0 Å². The molecular formula is C14H15N5. The van der Waals surface area contributed by atoms with Gasteiger partial charge in [0.05, 0.1) is 5.52 Å². The summed E-state index contributed by atoms with van der Waals surface area (Å²) in [6.45, 7) is 1.72. The highest BCUT2D eigenvalue weighted by atomic mass is 15.2. The standard InChI is InChI=1S/C14H15N5/c1-2-12-8-11(3-4-13(12)16-6-1)9-15-7-5-14-17-10-18-19-14/h1-4,6,8,10,15H,5,7,9H2,(H,17,18,19). The molecule has 0 bridgehead atoms. The maximum absolute atomic E-state index is 4.31. The van der Waals surface area contributed by atoms with Crippen LogP contribution in [0.25, 0.3) is 10.9 Å². The minimum Gasteiger partial charge on any atom is -0.312 e. The van der Waals surface area contributed by atoms with E-state index in [0.717, 1.165) is 30.9 Å². The Kier molecular flexibility index (Phi) is 3.47. The van der Waals surface area contributed by atoms with Gasteiger partial charge in [0.25, 0.3) is 0 Å². The molecule has 0 aliphatic carbocycles. The fourth-order valence-electron chi connectivity index (χ4n) is 2.03. The predicted octanol–water partition coefficient (Wildman–Crippen LogP) is 1.69. The maximum Gasteiger partial charge on any atom is 0.137 e. The molecule has 19 heavy (non-hydrogen) atoms. The van der Waals surface area contributed by atoms with Crippen molar-refractivity contribution in [1.82, 2.24) is 25.5 Å². The number of hydrogen-bond acceptors (Lipinski definition) is 4. The van der Waals surface area contributed by atoms with Gasteiger partial charge in [-0.25, -0.2) is 4.98 Å². The van der Waals surface area contributed by atoms with Crippen LogP contribution in [-0.2, 0) is 13.0 Å². The zero-order valence-corrected chi connectivity index (χ0v) is 10.5. The molecule has 5 heteroatoms. The van der Waals surface area contributed by atoms with Crippen LogP contribution in [0.2, 0.25) is 0 Å². The first-order valence-corrected chi connectivity index (χ1v) is 6.30. The molecule has 0 spiro atoms. The maximum atomic E-state index is 4.31. The fourth-order valence-corrected chi connectivity index (χ4v) is 2.03. The monoisotopic (exact) mass is 253 g/mol. The van der Waals surface area contributed by atoms with Crippen LogP contribution in [0.3, 0.4) is 0 Å². The molecule has 0 unspecified atom stereocenters. The second kappa shape index (κ2) is 5.58. The van der Waals surface area contributed by atoms with Gasteiger partial charge in [-0.3, -0.25) is 10.1 Å². The Morgan fingerprint density at radius 3 is 3.05 bits per heavy atom. The first kappa shape index (κ1) is 11.8. The van der Waals surface area contributed by atoms with Gasteiger partial charge in [-0.15, -0.1) is 0 Å². The summed E-state index contributed by atoms with van der Waals surface area (Å²) < 4.78 is 0. The van der Waals surface area contributed by atoms with Crippen molar-refractivity contribution in [3.63, 3.8) is 0 Å². The van der Waals surface area contributed by atoms with Crippen LogP contribution in [0.1, 0.15) is 11.4 Å². The first-order chi connectivity index (χ1) is 9.42. The Labute approximate surface area is 111 Å². The molecule has 3 rings (SSSR count). The van der Waals surface area contributed by atoms with E-state index in [0.29, 0.717) is 0 Å². The van der Waals surface area contributed by atoms with Crippen molar-refractivity contribution in [2.24, 2.45) is 0 Å². The Bertz CT molecular complexity index is 648. The number of nitrogens with zero attached hydrogens (tertiary/aromatic N) is 3. The van der Waals surface area contributed by atoms with Gasteiger partial charge in [-0.1, -0.05) is 12.1 Å². The highest BCUT2D eigenvalue weighted by Crippen LogP contribution is 2.12. The van der Waals surface area contributed by atoms with Crippen LogP contribution < -0.4 is 5.32 Å². The number of aromatic amines is 1. The van der Waals surface area contributed by atoms with Crippen LogP contribution in [0, 0.1) is 0 Å². The largest absolute Gasteiger partial charge is 0.312 e. The van der Waals surface area contributed by atoms with Crippen molar-refractivity contribution >= 4 is 10.9 Å². The number of H-pyrrole nitrogens is 1. The molecule has 0 aliphatic rings. The van der Waals surface area contributed by atoms with E-state index in [1.807, 2.05) is 12.3 Å². The minimum atomic E-state index is 0.846. The summed E-state index contributed by atoms with van der Waals surface area (Å²) in [6.07, 6.45) is 4.21. The van der Waals surface area contributed by atoms with Crippen molar-refractivity contribution in [2.45, 2.75) is 13.0 Å². The lowest BCUT2D eigenvalue weighted by Gasteiger charge is -2.05. The summed E-state index contributed by atoms with van der Waals surface area (Å²) in [7, 11) is 0. The van der Waals surface area contributed by atoms with Crippen LogP contribution >= 0.6 is 0 Å². The summed E-state index contributed by atoms with van der Waals surface area (Å²) in [6, 6.07) is 10.4. The molecule has 5 nitrogen and oxygen atoms in total. The van der Waals surface area contributed by atoms with E-state index in [1.54, 1.807) is 0 Å². The number of pyridine rings is 1. The molecule has 2 aromatic heterocycles.